The molecule has 266 valence electrons. The highest BCUT2D eigenvalue weighted by molar-refractivity contribution is 6.17. The molecule has 0 radical (unpaired) electrons. The van der Waals surface area contributed by atoms with Gasteiger partial charge in [-0.2, -0.15) is 0 Å². The van der Waals surface area contributed by atoms with E-state index in [1.807, 2.05) is 0 Å². The quantitative estimate of drug-likeness (QED) is 0.0602. The Hall–Kier alpha value is -0.110. The number of hydrogen-bond acceptors (Lipinski definition) is 10. The third kappa shape index (κ3) is 41.9. The Labute approximate surface area is 274 Å². The molecule has 0 N–H and O–H groups in total. The van der Waals surface area contributed by atoms with Crippen LogP contribution in [0.3, 0.4) is 0 Å². The molecule has 0 aliphatic rings. The van der Waals surface area contributed by atoms with Crippen LogP contribution in [0.2, 0.25) is 0 Å². The summed E-state index contributed by atoms with van der Waals surface area (Å²) in [6.45, 7) is 13.6. The number of halogens is 1. The van der Waals surface area contributed by atoms with E-state index in [0.717, 1.165) is 13.0 Å². The highest BCUT2D eigenvalue weighted by Gasteiger charge is 1.97. The van der Waals surface area contributed by atoms with Crippen molar-refractivity contribution in [2.75, 3.05) is 138 Å². The van der Waals surface area contributed by atoms with Gasteiger partial charge in [0.15, 0.2) is 0 Å². The monoisotopic (exact) mass is 658 g/mol. The second kappa shape index (κ2) is 42.9. The van der Waals surface area contributed by atoms with Gasteiger partial charge >= 0.3 is 0 Å². The zero-order valence-corrected chi connectivity index (χ0v) is 28.8. The fourth-order valence-electron chi connectivity index (χ4n) is 4.00. The van der Waals surface area contributed by atoms with Gasteiger partial charge in [0.2, 0.25) is 0 Å². The van der Waals surface area contributed by atoms with Gasteiger partial charge in [0.05, 0.1) is 126 Å². The van der Waals surface area contributed by atoms with Crippen LogP contribution in [0.25, 0.3) is 0 Å². The lowest BCUT2D eigenvalue weighted by atomic mass is 10.1. The lowest BCUT2D eigenvalue weighted by Crippen LogP contribution is -2.15. The summed E-state index contributed by atoms with van der Waals surface area (Å²) in [6, 6.07) is 0. The molecule has 0 spiro atoms. The minimum atomic E-state index is 0.503. The molecule has 0 aromatic carbocycles. The Bertz CT molecular complexity index is 451. The molecular weight excluding hydrogens is 592 g/mol. The van der Waals surface area contributed by atoms with Gasteiger partial charge in [0.1, 0.15) is 0 Å². The van der Waals surface area contributed by atoms with Crippen LogP contribution in [0.4, 0.5) is 0 Å². The van der Waals surface area contributed by atoms with Crippen LogP contribution in [0.5, 0.6) is 0 Å². The highest BCUT2D eigenvalue weighted by atomic mass is 35.5. The van der Waals surface area contributed by atoms with Crippen molar-refractivity contribution in [3.8, 4) is 0 Å². The standard InChI is InChI=1S/C33H67ClO10/c1-2-3-4-5-6-7-8-9-10-11-12-14-35-16-18-37-20-22-39-24-26-41-28-30-43-32-33-44-31-29-42-27-25-40-23-21-38-19-17-36-15-13-34/h2-33H2,1H3. The predicted molar refractivity (Wildman–Crippen MR) is 175 cm³/mol. The first-order valence-corrected chi connectivity index (χ1v) is 17.8. The van der Waals surface area contributed by atoms with Crippen molar-refractivity contribution in [1.29, 1.82) is 0 Å². The first-order valence-electron chi connectivity index (χ1n) is 17.2. The van der Waals surface area contributed by atoms with Crippen molar-refractivity contribution >= 4 is 11.6 Å². The second-order valence-electron chi connectivity index (χ2n) is 10.3. The Balaban J connectivity index is 3.03. The average Bonchev–Trinajstić information content (AvgIpc) is 3.04. The number of rotatable bonds is 41. The third-order valence-corrected chi connectivity index (χ3v) is 6.62. The highest BCUT2D eigenvalue weighted by Crippen LogP contribution is 2.11. The van der Waals surface area contributed by atoms with Gasteiger partial charge in [-0.1, -0.05) is 71.1 Å². The summed E-state index contributed by atoms with van der Waals surface area (Å²) in [5.74, 6) is 0.503. The summed E-state index contributed by atoms with van der Waals surface area (Å²) in [7, 11) is 0. The van der Waals surface area contributed by atoms with Crippen molar-refractivity contribution in [1.82, 2.24) is 0 Å². The van der Waals surface area contributed by atoms with Gasteiger partial charge in [-0.3, -0.25) is 0 Å². The summed E-state index contributed by atoms with van der Waals surface area (Å²) in [4.78, 5) is 0. The molecule has 0 saturated heterocycles. The average molecular weight is 659 g/mol. The molecule has 0 unspecified atom stereocenters. The summed E-state index contributed by atoms with van der Waals surface area (Å²) >= 11 is 5.51. The van der Waals surface area contributed by atoms with E-state index < -0.39 is 0 Å². The maximum Gasteiger partial charge on any atom is 0.0701 e. The van der Waals surface area contributed by atoms with Crippen molar-refractivity contribution in [2.45, 2.75) is 77.6 Å². The smallest absolute Gasteiger partial charge is 0.0701 e. The van der Waals surface area contributed by atoms with Gasteiger partial charge in [-0.25, -0.2) is 0 Å². The lowest BCUT2D eigenvalue weighted by molar-refractivity contribution is -0.0263. The number of unbranched alkanes of at least 4 members (excludes halogenated alkanes) is 10. The van der Waals surface area contributed by atoms with Crippen molar-refractivity contribution in [3.05, 3.63) is 0 Å². The summed E-state index contributed by atoms with van der Waals surface area (Å²) in [6.07, 6.45) is 14.9. The first-order chi connectivity index (χ1) is 21.9. The number of ether oxygens (including phenoxy) is 10. The van der Waals surface area contributed by atoms with E-state index >= 15 is 0 Å². The fraction of sp³-hybridized carbons (Fsp3) is 1.00. The Morgan fingerprint density at radius 3 is 0.705 bits per heavy atom. The van der Waals surface area contributed by atoms with Gasteiger partial charge in [0, 0.05) is 12.5 Å². The summed E-state index contributed by atoms with van der Waals surface area (Å²) in [5, 5.41) is 0. The minimum Gasteiger partial charge on any atom is -0.379 e. The molecule has 0 aromatic heterocycles. The van der Waals surface area contributed by atoms with Crippen LogP contribution in [-0.2, 0) is 47.4 Å². The van der Waals surface area contributed by atoms with Crippen LogP contribution < -0.4 is 0 Å². The molecule has 0 saturated carbocycles. The molecule has 0 aliphatic heterocycles. The molecule has 0 fully saturated rings. The van der Waals surface area contributed by atoms with Crippen LogP contribution in [0.1, 0.15) is 77.6 Å². The minimum absolute atomic E-state index is 0.503. The fourth-order valence-corrected chi connectivity index (χ4v) is 4.11. The third-order valence-electron chi connectivity index (χ3n) is 6.46. The van der Waals surface area contributed by atoms with Crippen LogP contribution in [0.15, 0.2) is 0 Å². The van der Waals surface area contributed by atoms with Gasteiger partial charge in [0.25, 0.3) is 0 Å². The Morgan fingerprint density at radius 1 is 0.250 bits per heavy atom. The van der Waals surface area contributed by atoms with Crippen LogP contribution >= 0.6 is 11.6 Å². The predicted octanol–water partition coefficient (Wildman–Crippen LogP) is 5.70. The van der Waals surface area contributed by atoms with E-state index in [1.54, 1.807) is 0 Å². The van der Waals surface area contributed by atoms with E-state index in [1.165, 1.54) is 64.2 Å². The van der Waals surface area contributed by atoms with E-state index in [-0.39, 0.29) is 0 Å². The van der Waals surface area contributed by atoms with E-state index in [9.17, 15) is 0 Å². The molecule has 0 amide bonds. The summed E-state index contributed by atoms with van der Waals surface area (Å²) < 4.78 is 54.6. The molecule has 0 atom stereocenters. The Kier molecular flexibility index (Phi) is 42.8. The first kappa shape index (κ1) is 43.9. The molecule has 0 aliphatic carbocycles. The molecule has 0 aromatic rings. The SMILES string of the molecule is CCCCCCCCCCCCCOCCOCCOCCOCCOCCOCCOCCOCCOCCOCCCl. The van der Waals surface area contributed by atoms with E-state index in [2.05, 4.69) is 6.92 Å². The van der Waals surface area contributed by atoms with Crippen molar-refractivity contribution in [2.24, 2.45) is 0 Å². The molecule has 0 rings (SSSR count). The second-order valence-corrected chi connectivity index (χ2v) is 10.7. The number of alkyl halides is 1. The molecule has 10 nitrogen and oxygen atoms in total. The molecule has 0 bridgehead atoms. The van der Waals surface area contributed by atoms with Crippen molar-refractivity contribution < 1.29 is 47.4 Å². The van der Waals surface area contributed by atoms with Gasteiger partial charge < -0.3 is 47.4 Å². The molecule has 0 heterocycles. The number of hydrogen-bond donors (Lipinski definition) is 0. The van der Waals surface area contributed by atoms with Crippen molar-refractivity contribution in [3.63, 3.8) is 0 Å². The van der Waals surface area contributed by atoms with Gasteiger partial charge in [-0.05, 0) is 6.42 Å². The molecule has 44 heavy (non-hydrogen) atoms. The zero-order chi connectivity index (χ0) is 31.7. The zero-order valence-electron chi connectivity index (χ0n) is 28.1. The largest absolute Gasteiger partial charge is 0.379 e. The van der Waals surface area contributed by atoms with E-state index in [4.69, 9.17) is 59.0 Å². The normalized spacial score (nSPS) is 11.6. The van der Waals surface area contributed by atoms with Gasteiger partial charge in [-0.15, -0.1) is 11.6 Å². The maximum atomic E-state index is 5.65. The molecular formula is C33H67ClO10. The van der Waals surface area contributed by atoms with Crippen LogP contribution in [-0.4, -0.2) is 138 Å². The topological polar surface area (TPSA) is 92.3 Å². The van der Waals surface area contributed by atoms with E-state index in [0.29, 0.717) is 131 Å². The van der Waals surface area contributed by atoms with Crippen LogP contribution in [0, 0.1) is 0 Å². The lowest BCUT2D eigenvalue weighted by Gasteiger charge is -2.09. The molecule has 11 heteroatoms. The summed E-state index contributed by atoms with van der Waals surface area (Å²) in [5.41, 5.74) is 0. The Morgan fingerprint density at radius 2 is 0.455 bits per heavy atom. The maximum absolute atomic E-state index is 5.65.